The Morgan fingerprint density at radius 1 is 1.67 bits per heavy atom. The van der Waals surface area contributed by atoms with Gasteiger partial charge in [-0.05, 0) is 6.92 Å². The highest BCUT2D eigenvalue weighted by atomic mass is 16.6. The molecule has 0 fully saturated rings. The van der Waals surface area contributed by atoms with Crippen LogP contribution in [0.25, 0.3) is 0 Å². The molecule has 5 nitrogen and oxygen atoms in total. The molecule has 1 unspecified atom stereocenters. The van der Waals surface area contributed by atoms with Gasteiger partial charge in [0, 0.05) is 12.5 Å². The predicted octanol–water partition coefficient (Wildman–Crippen LogP) is 0.531. The van der Waals surface area contributed by atoms with Crippen LogP contribution in [0.2, 0.25) is 0 Å². The van der Waals surface area contributed by atoms with Crippen LogP contribution in [0.3, 0.4) is 0 Å². The van der Waals surface area contributed by atoms with Gasteiger partial charge in [-0.3, -0.25) is 4.52 Å². The minimum absolute atomic E-state index is 0.114. The van der Waals surface area contributed by atoms with Gasteiger partial charge in [0.15, 0.2) is 5.82 Å². The minimum atomic E-state index is 0.114. The molecule has 0 aliphatic carbocycles. The first-order valence-corrected chi connectivity index (χ1v) is 3.94. The molecule has 1 aromatic rings. The molecule has 68 valence electrons. The Balaban J connectivity index is 2.63. The summed E-state index contributed by atoms with van der Waals surface area (Å²) in [5.41, 5.74) is 5.42. The largest absolute Gasteiger partial charge is 0.449 e. The fourth-order valence-electron chi connectivity index (χ4n) is 0.708. The van der Waals surface area contributed by atoms with Crippen molar-refractivity contribution in [1.82, 2.24) is 10.1 Å². The molecule has 0 amide bonds. The van der Waals surface area contributed by atoms with Crippen molar-refractivity contribution < 1.29 is 9.26 Å². The van der Waals surface area contributed by atoms with Crippen molar-refractivity contribution in [3.8, 4) is 6.08 Å². The molecule has 0 aliphatic heterocycles. The molecule has 1 rings (SSSR count). The highest BCUT2D eigenvalue weighted by Crippen LogP contribution is 2.13. The maximum atomic E-state index is 5.42. The molecular weight excluding hydrogens is 158 g/mol. The Morgan fingerprint density at radius 2 is 2.42 bits per heavy atom. The van der Waals surface area contributed by atoms with Gasteiger partial charge in [0.2, 0.25) is 0 Å². The van der Waals surface area contributed by atoms with Crippen molar-refractivity contribution in [3.05, 3.63) is 5.82 Å². The van der Waals surface area contributed by atoms with E-state index in [2.05, 4.69) is 10.1 Å². The summed E-state index contributed by atoms with van der Waals surface area (Å²) in [7, 11) is 0. The normalized spacial score (nSPS) is 12.9. The average Bonchev–Trinajstić information content (AvgIpc) is 2.52. The molecule has 12 heavy (non-hydrogen) atoms. The van der Waals surface area contributed by atoms with Crippen molar-refractivity contribution in [2.45, 2.75) is 19.8 Å². The van der Waals surface area contributed by atoms with Gasteiger partial charge >= 0.3 is 6.08 Å². The van der Waals surface area contributed by atoms with Crippen LogP contribution >= 0.6 is 0 Å². The van der Waals surface area contributed by atoms with Crippen LogP contribution in [0.4, 0.5) is 0 Å². The van der Waals surface area contributed by atoms with E-state index in [1.54, 1.807) is 0 Å². The molecule has 5 heteroatoms. The van der Waals surface area contributed by atoms with Crippen LogP contribution in [0.1, 0.15) is 25.6 Å². The average molecular weight is 171 g/mol. The zero-order chi connectivity index (χ0) is 8.97. The Kier molecular flexibility index (Phi) is 3.04. The van der Waals surface area contributed by atoms with E-state index >= 15 is 0 Å². The molecular formula is C7H13N3O2. The molecule has 1 heterocycles. The lowest BCUT2D eigenvalue weighted by molar-refractivity contribution is 0.215. The van der Waals surface area contributed by atoms with Gasteiger partial charge < -0.3 is 10.5 Å². The summed E-state index contributed by atoms with van der Waals surface area (Å²) in [6, 6.07) is 0. The summed E-state index contributed by atoms with van der Waals surface area (Å²) in [5, 5.41) is 3.71. The lowest BCUT2D eigenvalue weighted by atomic mass is 10.2. The SMILES string of the molecule is CCOc1nc(C(C)CN)no1. The van der Waals surface area contributed by atoms with Crippen LogP contribution in [0.5, 0.6) is 6.08 Å². The highest BCUT2D eigenvalue weighted by molar-refractivity contribution is 4.96. The molecule has 1 aromatic heterocycles. The number of rotatable bonds is 4. The second kappa shape index (κ2) is 4.06. The summed E-state index contributed by atoms with van der Waals surface area (Å²) < 4.78 is 9.79. The Morgan fingerprint density at radius 3 is 3.00 bits per heavy atom. The number of hydrogen-bond donors (Lipinski definition) is 1. The van der Waals surface area contributed by atoms with Crippen molar-refractivity contribution in [2.75, 3.05) is 13.2 Å². The summed E-state index contributed by atoms with van der Waals surface area (Å²) in [6.07, 6.45) is 0.216. The third-order valence-electron chi connectivity index (χ3n) is 1.49. The molecule has 0 spiro atoms. The fraction of sp³-hybridized carbons (Fsp3) is 0.714. The molecule has 2 N–H and O–H groups in total. The van der Waals surface area contributed by atoms with Crippen LogP contribution in [-0.4, -0.2) is 23.3 Å². The van der Waals surface area contributed by atoms with Gasteiger partial charge in [0.25, 0.3) is 0 Å². The van der Waals surface area contributed by atoms with Gasteiger partial charge in [-0.15, -0.1) is 0 Å². The van der Waals surface area contributed by atoms with E-state index in [9.17, 15) is 0 Å². The van der Waals surface area contributed by atoms with Gasteiger partial charge in [0.1, 0.15) is 0 Å². The van der Waals surface area contributed by atoms with Crippen LogP contribution < -0.4 is 10.5 Å². The monoisotopic (exact) mass is 171 g/mol. The van der Waals surface area contributed by atoms with Gasteiger partial charge in [-0.2, -0.15) is 4.98 Å². The number of nitrogens with two attached hydrogens (primary N) is 1. The molecule has 1 atom stereocenters. The Hall–Kier alpha value is -1.10. The fourth-order valence-corrected chi connectivity index (χ4v) is 0.708. The Bertz CT molecular complexity index is 236. The molecule has 0 aliphatic rings. The first-order valence-electron chi connectivity index (χ1n) is 3.94. The summed E-state index contributed by atoms with van der Waals surface area (Å²) in [5.74, 6) is 0.712. The molecule has 0 saturated heterocycles. The maximum absolute atomic E-state index is 5.42. The molecule has 0 bridgehead atoms. The van der Waals surface area contributed by atoms with E-state index in [1.807, 2.05) is 13.8 Å². The standard InChI is InChI=1S/C7H13N3O2/c1-3-11-7-9-6(10-12-7)5(2)4-8/h5H,3-4,8H2,1-2H3. The summed E-state index contributed by atoms with van der Waals surface area (Å²) in [4.78, 5) is 3.99. The topological polar surface area (TPSA) is 74.2 Å². The van der Waals surface area contributed by atoms with E-state index in [1.165, 1.54) is 0 Å². The third kappa shape index (κ3) is 1.94. The molecule has 0 radical (unpaired) electrons. The molecule has 0 aromatic carbocycles. The number of ether oxygens (including phenoxy) is 1. The summed E-state index contributed by atoms with van der Waals surface area (Å²) >= 11 is 0. The van der Waals surface area contributed by atoms with E-state index in [4.69, 9.17) is 15.0 Å². The highest BCUT2D eigenvalue weighted by Gasteiger charge is 2.12. The van der Waals surface area contributed by atoms with Crippen LogP contribution in [0.15, 0.2) is 4.52 Å². The van der Waals surface area contributed by atoms with Crippen molar-refractivity contribution in [3.63, 3.8) is 0 Å². The first-order chi connectivity index (χ1) is 5.77. The van der Waals surface area contributed by atoms with Crippen molar-refractivity contribution in [2.24, 2.45) is 5.73 Å². The number of hydrogen-bond acceptors (Lipinski definition) is 5. The number of aromatic nitrogens is 2. The Labute approximate surface area is 70.9 Å². The van der Waals surface area contributed by atoms with E-state index in [0.29, 0.717) is 19.0 Å². The third-order valence-corrected chi connectivity index (χ3v) is 1.49. The zero-order valence-electron chi connectivity index (χ0n) is 7.28. The summed E-state index contributed by atoms with van der Waals surface area (Å²) in [6.45, 7) is 4.82. The van der Waals surface area contributed by atoms with E-state index in [-0.39, 0.29) is 12.0 Å². The van der Waals surface area contributed by atoms with Crippen LogP contribution in [-0.2, 0) is 0 Å². The van der Waals surface area contributed by atoms with Gasteiger partial charge in [0.05, 0.1) is 6.61 Å². The second-order valence-electron chi connectivity index (χ2n) is 2.49. The van der Waals surface area contributed by atoms with Gasteiger partial charge in [-0.1, -0.05) is 12.1 Å². The van der Waals surface area contributed by atoms with E-state index in [0.717, 1.165) is 0 Å². The smallest absolute Gasteiger partial charge is 0.417 e. The zero-order valence-corrected chi connectivity index (χ0v) is 7.28. The number of nitrogens with zero attached hydrogens (tertiary/aromatic N) is 2. The lowest BCUT2D eigenvalue weighted by Gasteiger charge is -1.98. The van der Waals surface area contributed by atoms with E-state index < -0.39 is 0 Å². The second-order valence-corrected chi connectivity index (χ2v) is 2.49. The van der Waals surface area contributed by atoms with Crippen LogP contribution in [0, 0.1) is 0 Å². The minimum Gasteiger partial charge on any atom is -0.449 e. The first kappa shape index (κ1) is 8.99. The predicted molar refractivity (Wildman–Crippen MR) is 42.9 cm³/mol. The maximum Gasteiger partial charge on any atom is 0.417 e. The van der Waals surface area contributed by atoms with Crippen molar-refractivity contribution in [1.29, 1.82) is 0 Å². The quantitative estimate of drug-likeness (QED) is 0.715. The lowest BCUT2D eigenvalue weighted by Crippen LogP contribution is -2.10. The van der Waals surface area contributed by atoms with Crippen molar-refractivity contribution >= 4 is 0 Å². The molecule has 0 saturated carbocycles. The van der Waals surface area contributed by atoms with Gasteiger partial charge in [-0.25, -0.2) is 0 Å².